The number of carbonyl (C=O) groups excluding carboxylic acids is 1. The number of rotatable bonds is 4. The molecule has 1 heterocycles. The molecule has 1 aromatic carbocycles. The molecule has 1 aliphatic heterocycles. The molecule has 0 spiro atoms. The highest BCUT2D eigenvalue weighted by atomic mass is 35.5. The number of nitrogens with one attached hydrogen (secondary N) is 1. The molecule has 1 N–H and O–H groups in total. The molecule has 1 saturated heterocycles. The van der Waals surface area contributed by atoms with E-state index < -0.39 is 0 Å². The molecule has 0 radical (unpaired) electrons. The highest BCUT2D eigenvalue weighted by molar-refractivity contribution is 6.30. The zero-order chi connectivity index (χ0) is 14.5. The first-order chi connectivity index (χ1) is 9.58. The molecule has 0 aliphatic carbocycles. The molecule has 0 aromatic heterocycles. The zero-order valence-corrected chi connectivity index (χ0v) is 13.0. The lowest BCUT2D eigenvalue weighted by Gasteiger charge is -2.33. The second-order valence-corrected chi connectivity index (χ2v) is 6.19. The summed E-state index contributed by atoms with van der Waals surface area (Å²) in [6.07, 6.45) is 2.29. The Balaban J connectivity index is 2.09. The number of amides is 1. The number of piperidine rings is 1. The molecule has 1 aliphatic rings. The first-order valence-corrected chi connectivity index (χ1v) is 7.73. The lowest BCUT2D eigenvalue weighted by atomic mass is 9.96. The van der Waals surface area contributed by atoms with Crippen LogP contribution in [0.3, 0.4) is 0 Å². The van der Waals surface area contributed by atoms with Crippen LogP contribution >= 0.6 is 11.6 Å². The van der Waals surface area contributed by atoms with Crippen LogP contribution in [0, 0.1) is 5.92 Å². The van der Waals surface area contributed by atoms with Crippen molar-refractivity contribution in [3.05, 3.63) is 34.9 Å². The predicted octanol–water partition coefficient (Wildman–Crippen LogP) is 3.19. The van der Waals surface area contributed by atoms with Gasteiger partial charge in [-0.25, -0.2) is 0 Å². The van der Waals surface area contributed by atoms with Crippen LogP contribution in [0.2, 0.25) is 5.02 Å². The van der Waals surface area contributed by atoms with E-state index in [2.05, 4.69) is 19.2 Å². The van der Waals surface area contributed by atoms with Crippen molar-refractivity contribution >= 4 is 17.5 Å². The summed E-state index contributed by atoms with van der Waals surface area (Å²) in [6.45, 7) is 7.10. The molecule has 3 nitrogen and oxygen atoms in total. The molecule has 110 valence electrons. The van der Waals surface area contributed by atoms with Gasteiger partial charge >= 0.3 is 0 Å². The van der Waals surface area contributed by atoms with Gasteiger partial charge in [0.25, 0.3) is 5.91 Å². The van der Waals surface area contributed by atoms with Gasteiger partial charge in [-0.05, 0) is 63.9 Å². The van der Waals surface area contributed by atoms with E-state index in [0.717, 1.165) is 32.5 Å². The minimum absolute atomic E-state index is 0.0843. The molecule has 0 unspecified atom stereocenters. The van der Waals surface area contributed by atoms with Gasteiger partial charge in [0.15, 0.2) is 0 Å². The van der Waals surface area contributed by atoms with Gasteiger partial charge in [-0.1, -0.05) is 17.7 Å². The van der Waals surface area contributed by atoms with E-state index in [9.17, 15) is 4.79 Å². The summed E-state index contributed by atoms with van der Waals surface area (Å²) in [5, 5.41) is 3.98. The maximum absolute atomic E-state index is 12.7. The topological polar surface area (TPSA) is 32.3 Å². The van der Waals surface area contributed by atoms with Gasteiger partial charge in [0.2, 0.25) is 0 Å². The molecular weight excluding hydrogens is 272 g/mol. The third-order valence-corrected chi connectivity index (χ3v) is 4.10. The van der Waals surface area contributed by atoms with Crippen molar-refractivity contribution in [3.63, 3.8) is 0 Å². The second kappa shape index (κ2) is 7.09. The van der Waals surface area contributed by atoms with Crippen LogP contribution in [0.25, 0.3) is 0 Å². The van der Waals surface area contributed by atoms with Gasteiger partial charge in [-0.3, -0.25) is 4.79 Å². The predicted molar refractivity (Wildman–Crippen MR) is 83.2 cm³/mol. The zero-order valence-electron chi connectivity index (χ0n) is 12.2. The van der Waals surface area contributed by atoms with Crippen LogP contribution in [0.4, 0.5) is 0 Å². The highest BCUT2D eigenvalue weighted by Crippen LogP contribution is 2.19. The molecule has 1 amide bonds. The Bertz CT molecular complexity index is 456. The average Bonchev–Trinajstić information content (AvgIpc) is 2.45. The quantitative estimate of drug-likeness (QED) is 0.925. The summed E-state index contributed by atoms with van der Waals surface area (Å²) < 4.78 is 0. The number of nitrogens with zero attached hydrogens (tertiary/aromatic N) is 1. The van der Waals surface area contributed by atoms with E-state index in [0.29, 0.717) is 16.5 Å². The van der Waals surface area contributed by atoms with E-state index in [-0.39, 0.29) is 11.9 Å². The molecule has 0 bridgehead atoms. The fourth-order valence-corrected chi connectivity index (χ4v) is 2.85. The number of benzene rings is 1. The maximum Gasteiger partial charge on any atom is 0.254 e. The Morgan fingerprint density at radius 1 is 1.40 bits per heavy atom. The number of hydrogen-bond acceptors (Lipinski definition) is 2. The number of hydrogen-bond donors (Lipinski definition) is 1. The lowest BCUT2D eigenvalue weighted by molar-refractivity contribution is 0.0658. The van der Waals surface area contributed by atoms with Crippen molar-refractivity contribution in [3.8, 4) is 0 Å². The molecule has 2 rings (SSSR count). The summed E-state index contributed by atoms with van der Waals surface area (Å²) in [6, 6.07) is 7.42. The normalized spacial score (nSPS) is 16.4. The SMILES string of the molecule is CC(C)N(CC1CCNCC1)C(=O)c1cccc(Cl)c1. The lowest BCUT2D eigenvalue weighted by Crippen LogP contribution is -2.42. The fourth-order valence-electron chi connectivity index (χ4n) is 2.66. The smallest absolute Gasteiger partial charge is 0.254 e. The standard InChI is InChI=1S/C16H23ClN2O/c1-12(2)19(11-13-6-8-18-9-7-13)16(20)14-4-3-5-15(17)10-14/h3-5,10,12-13,18H,6-9,11H2,1-2H3. The molecule has 20 heavy (non-hydrogen) atoms. The van der Waals surface area contributed by atoms with Crippen molar-refractivity contribution < 1.29 is 4.79 Å². The summed E-state index contributed by atoms with van der Waals surface area (Å²) in [4.78, 5) is 14.6. The molecule has 1 aromatic rings. The summed E-state index contributed by atoms with van der Waals surface area (Å²) in [5.74, 6) is 0.683. The minimum Gasteiger partial charge on any atom is -0.336 e. The van der Waals surface area contributed by atoms with E-state index in [4.69, 9.17) is 11.6 Å². The molecule has 0 atom stereocenters. The van der Waals surface area contributed by atoms with E-state index >= 15 is 0 Å². The van der Waals surface area contributed by atoms with Gasteiger partial charge in [-0.2, -0.15) is 0 Å². The van der Waals surface area contributed by atoms with E-state index in [1.54, 1.807) is 12.1 Å². The van der Waals surface area contributed by atoms with E-state index in [1.807, 2.05) is 17.0 Å². The van der Waals surface area contributed by atoms with Crippen molar-refractivity contribution in [2.45, 2.75) is 32.7 Å². The maximum atomic E-state index is 12.7. The van der Waals surface area contributed by atoms with E-state index in [1.165, 1.54) is 0 Å². The highest BCUT2D eigenvalue weighted by Gasteiger charge is 2.23. The van der Waals surface area contributed by atoms with Gasteiger partial charge in [0.05, 0.1) is 0 Å². The monoisotopic (exact) mass is 294 g/mol. The number of halogens is 1. The van der Waals surface area contributed by atoms with Crippen molar-refractivity contribution in [2.75, 3.05) is 19.6 Å². The summed E-state index contributed by atoms with van der Waals surface area (Å²) in [5.41, 5.74) is 0.681. The Kier molecular flexibility index (Phi) is 5.44. The van der Waals surface area contributed by atoms with Crippen molar-refractivity contribution in [1.29, 1.82) is 0 Å². The Morgan fingerprint density at radius 3 is 2.70 bits per heavy atom. The van der Waals surface area contributed by atoms with Gasteiger partial charge in [0.1, 0.15) is 0 Å². The first kappa shape index (κ1) is 15.3. The Morgan fingerprint density at radius 2 is 2.10 bits per heavy atom. The third kappa shape index (κ3) is 3.97. The molecule has 0 saturated carbocycles. The first-order valence-electron chi connectivity index (χ1n) is 7.35. The van der Waals surface area contributed by atoms with Crippen LogP contribution in [-0.2, 0) is 0 Å². The van der Waals surface area contributed by atoms with Crippen LogP contribution in [-0.4, -0.2) is 36.5 Å². The molecule has 1 fully saturated rings. The fraction of sp³-hybridized carbons (Fsp3) is 0.562. The third-order valence-electron chi connectivity index (χ3n) is 3.87. The summed E-state index contributed by atoms with van der Waals surface area (Å²) in [7, 11) is 0. The van der Waals surface area contributed by atoms with Crippen molar-refractivity contribution in [1.82, 2.24) is 10.2 Å². The molecular formula is C16H23ClN2O. The van der Waals surface area contributed by atoms with Gasteiger partial charge in [0, 0.05) is 23.2 Å². The minimum atomic E-state index is 0.0843. The van der Waals surface area contributed by atoms with Crippen LogP contribution in [0.1, 0.15) is 37.0 Å². The average molecular weight is 295 g/mol. The molecule has 4 heteroatoms. The van der Waals surface area contributed by atoms with Gasteiger partial charge in [-0.15, -0.1) is 0 Å². The van der Waals surface area contributed by atoms with Crippen LogP contribution in [0.15, 0.2) is 24.3 Å². The van der Waals surface area contributed by atoms with Crippen LogP contribution < -0.4 is 5.32 Å². The van der Waals surface area contributed by atoms with Gasteiger partial charge < -0.3 is 10.2 Å². The Labute approximate surface area is 126 Å². The largest absolute Gasteiger partial charge is 0.336 e. The Hall–Kier alpha value is -1.06. The summed E-state index contributed by atoms with van der Waals surface area (Å²) >= 11 is 5.99. The number of carbonyl (C=O) groups is 1. The second-order valence-electron chi connectivity index (χ2n) is 5.75. The van der Waals surface area contributed by atoms with Crippen molar-refractivity contribution in [2.24, 2.45) is 5.92 Å². The van der Waals surface area contributed by atoms with Crippen LogP contribution in [0.5, 0.6) is 0 Å².